The number of hydrogen-bond acceptors (Lipinski definition) is 2. The van der Waals surface area contributed by atoms with E-state index in [1.807, 2.05) is 6.07 Å². The molecule has 0 aromatic heterocycles. The maximum absolute atomic E-state index is 6.43. The Hall–Kier alpha value is 0.590. The van der Waals surface area contributed by atoms with Gasteiger partial charge in [-0.25, -0.2) is 0 Å². The maximum Gasteiger partial charge on any atom is 0.0655 e. The second-order valence-electron chi connectivity index (χ2n) is 5.33. The Labute approximate surface area is 153 Å². The van der Waals surface area contributed by atoms with E-state index in [1.165, 1.54) is 12.8 Å². The Kier molecular flexibility index (Phi) is 7.90. The minimum Gasteiger partial charge on any atom is -0.314 e. The highest BCUT2D eigenvalue weighted by Crippen LogP contribution is 2.49. The summed E-state index contributed by atoms with van der Waals surface area (Å²) in [5.41, 5.74) is 1.03. The van der Waals surface area contributed by atoms with Crippen molar-refractivity contribution < 1.29 is 0 Å². The van der Waals surface area contributed by atoms with Crippen LogP contribution in [0.4, 0.5) is 0 Å². The van der Waals surface area contributed by atoms with E-state index < -0.39 is 0 Å². The largest absolute Gasteiger partial charge is 0.314 e. The first-order valence-corrected chi connectivity index (χ1v) is 7.90. The van der Waals surface area contributed by atoms with Gasteiger partial charge in [-0.1, -0.05) is 34.8 Å². The van der Waals surface area contributed by atoms with Gasteiger partial charge in [-0.15, -0.1) is 24.8 Å². The number of benzene rings is 1. The molecule has 1 atom stereocenters. The molecule has 21 heavy (non-hydrogen) atoms. The lowest BCUT2D eigenvalue weighted by Crippen LogP contribution is -2.45. The van der Waals surface area contributed by atoms with Crippen LogP contribution in [0.25, 0.3) is 0 Å². The smallest absolute Gasteiger partial charge is 0.0655 e. The number of halogens is 5. The van der Waals surface area contributed by atoms with Gasteiger partial charge >= 0.3 is 0 Å². The molecular formula is C14H19Cl5N2. The third-order valence-corrected chi connectivity index (χ3v) is 5.14. The van der Waals surface area contributed by atoms with Crippen LogP contribution in [0, 0.1) is 5.92 Å². The van der Waals surface area contributed by atoms with Crippen LogP contribution in [-0.4, -0.2) is 31.1 Å². The number of piperazine rings is 1. The molecule has 1 aliphatic carbocycles. The third-order valence-electron chi connectivity index (χ3n) is 3.99. The zero-order valence-electron chi connectivity index (χ0n) is 11.4. The molecule has 1 saturated heterocycles. The SMILES string of the molecule is Cl.Cl.Clc1ccc(Cl)c([C@H](C2CC2)N2CCNCC2)c1Cl. The van der Waals surface area contributed by atoms with Gasteiger partial charge in [-0.2, -0.15) is 0 Å². The molecule has 1 heterocycles. The summed E-state index contributed by atoms with van der Waals surface area (Å²) in [5, 5.41) is 5.36. The minimum absolute atomic E-state index is 0. The van der Waals surface area contributed by atoms with Gasteiger partial charge in [0.1, 0.15) is 0 Å². The molecule has 1 aromatic rings. The van der Waals surface area contributed by atoms with E-state index in [-0.39, 0.29) is 24.8 Å². The van der Waals surface area contributed by atoms with Crippen molar-refractivity contribution in [2.75, 3.05) is 26.2 Å². The summed E-state index contributed by atoms with van der Waals surface area (Å²) in [5.74, 6) is 0.673. The van der Waals surface area contributed by atoms with Crippen molar-refractivity contribution in [1.82, 2.24) is 10.2 Å². The zero-order chi connectivity index (χ0) is 13.4. The van der Waals surface area contributed by atoms with Crippen molar-refractivity contribution in [2.24, 2.45) is 5.92 Å². The average Bonchev–Trinajstić information content (AvgIpc) is 3.24. The van der Waals surface area contributed by atoms with Crippen LogP contribution in [0.15, 0.2) is 12.1 Å². The van der Waals surface area contributed by atoms with Crippen LogP contribution in [0.5, 0.6) is 0 Å². The van der Waals surface area contributed by atoms with Crippen LogP contribution in [0.3, 0.4) is 0 Å². The summed E-state index contributed by atoms with van der Waals surface area (Å²) in [4.78, 5) is 2.50. The lowest BCUT2D eigenvalue weighted by atomic mass is 9.99. The van der Waals surface area contributed by atoms with E-state index in [9.17, 15) is 0 Å². The fraction of sp³-hybridized carbons (Fsp3) is 0.571. The maximum atomic E-state index is 6.43. The fourth-order valence-electron chi connectivity index (χ4n) is 2.90. The van der Waals surface area contributed by atoms with Crippen molar-refractivity contribution in [3.63, 3.8) is 0 Å². The van der Waals surface area contributed by atoms with E-state index in [4.69, 9.17) is 34.8 Å². The molecule has 1 saturated carbocycles. The lowest BCUT2D eigenvalue weighted by molar-refractivity contribution is 0.156. The van der Waals surface area contributed by atoms with E-state index in [2.05, 4.69) is 10.2 Å². The van der Waals surface area contributed by atoms with Gasteiger partial charge in [0.25, 0.3) is 0 Å². The summed E-state index contributed by atoms with van der Waals surface area (Å²) in [6.45, 7) is 4.14. The third kappa shape index (κ3) is 4.32. The van der Waals surface area contributed by atoms with Gasteiger partial charge in [0, 0.05) is 42.8 Å². The molecule has 3 rings (SSSR count). The van der Waals surface area contributed by atoms with Crippen LogP contribution in [0.1, 0.15) is 24.4 Å². The van der Waals surface area contributed by atoms with Crippen molar-refractivity contribution in [3.8, 4) is 0 Å². The first kappa shape index (κ1) is 19.6. The Morgan fingerprint density at radius 3 is 2.14 bits per heavy atom. The van der Waals surface area contributed by atoms with Crippen molar-refractivity contribution in [1.29, 1.82) is 0 Å². The molecule has 1 N–H and O–H groups in total. The molecule has 7 heteroatoms. The summed E-state index contributed by atoms with van der Waals surface area (Å²) in [6.07, 6.45) is 2.52. The molecule has 2 aliphatic rings. The molecule has 0 spiro atoms. The normalized spacial score (nSPS) is 20.3. The molecular weight excluding hydrogens is 373 g/mol. The molecule has 2 fully saturated rings. The van der Waals surface area contributed by atoms with Gasteiger partial charge < -0.3 is 5.32 Å². The monoisotopic (exact) mass is 390 g/mol. The standard InChI is InChI=1S/C14H17Cl3N2.2ClH/c15-10-3-4-11(16)13(17)12(10)14(9-1-2-9)19-7-5-18-6-8-19;;/h3-4,9,14,18H,1-2,5-8H2;2*1H/t14-;;/m0../s1. The molecule has 0 radical (unpaired) electrons. The molecule has 0 bridgehead atoms. The van der Waals surface area contributed by atoms with E-state index in [1.54, 1.807) is 6.07 Å². The molecule has 0 amide bonds. The number of nitrogens with one attached hydrogen (secondary N) is 1. The van der Waals surface area contributed by atoms with Crippen LogP contribution in [-0.2, 0) is 0 Å². The molecule has 0 unspecified atom stereocenters. The quantitative estimate of drug-likeness (QED) is 0.740. The van der Waals surface area contributed by atoms with E-state index in [0.717, 1.165) is 36.8 Å². The highest BCUT2D eigenvalue weighted by molar-refractivity contribution is 6.44. The zero-order valence-corrected chi connectivity index (χ0v) is 15.4. The average molecular weight is 393 g/mol. The highest BCUT2D eigenvalue weighted by atomic mass is 35.5. The number of hydrogen-bond donors (Lipinski definition) is 1. The Bertz CT molecular complexity index is 473. The van der Waals surface area contributed by atoms with Crippen molar-refractivity contribution in [3.05, 3.63) is 32.8 Å². The fourth-order valence-corrected chi connectivity index (χ4v) is 3.66. The van der Waals surface area contributed by atoms with Crippen LogP contribution in [0.2, 0.25) is 15.1 Å². The minimum atomic E-state index is 0. The number of nitrogens with zero attached hydrogens (tertiary/aromatic N) is 1. The van der Waals surface area contributed by atoms with Gasteiger partial charge in [-0.05, 0) is 30.9 Å². The second kappa shape index (κ2) is 8.44. The molecule has 120 valence electrons. The van der Waals surface area contributed by atoms with Gasteiger partial charge in [0.05, 0.1) is 10.0 Å². The predicted molar refractivity (Wildman–Crippen MR) is 95.9 cm³/mol. The molecule has 2 nitrogen and oxygen atoms in total. The first-order valence-electron chi connectivity index (χ1n) is 6.76. The van der Waals surface area contributed by atoms with E-state index >= 15 is 0 Å². The Morgan fingerprint density at radius 2 is 1.57 bits per heavy atom. The van der Waals surface area contributed by atoms with Gasteiger partial charge in [0.2, 0.25) is 0 Å². The summed E-state index contributed by atoms with van der Waals surface area (Å²) < 4.78 is 0. The molecule has 1 aromatic carbocycles. The van der Waals surface area contributed by atoms with Crippen molar-refractivity contribution in [2.45, 2.75) is 18.9 Å². The topological polar surface area (TPSA) is 15.3 Å². The van der Waals surface area contributed by atoms with Gasteiger partial charge in [-0.3, -0.25) is 4.90 Å². The Balaban J connectivity index is 0.00000110. The van der Waals surface area contributed by atoms with Crippen LogP contribution < -0.4 is 5.32 Å². The van der Waals surface area contributed by atoms with Crippen LogP contribution >= 0.6 is 59.6 Å². The summed E-state index contributed by atoms with van der Waals surface area (Å²) in [6, 6.07) is 3.96. The predicted octanol–water partition coefficient (Wildman–Crippen LogP) is 4.85. The van der Waals surface area contributed by atoms with E-state index in [0.29, 0.717) is 22.0 Å². The molecule has 1 aliphatic heterocycles. The summed E-state index contributed by atoms with van der Waals surface area (Å²) in [7, 11) is 0. The lowest BCUT2D eigenvalue weighted by Gasteiger charge is -2.36. The first-order chi connectivity index (χ1) is 9.18. The summed E-state index contributed by atoms with van der Waals surface area (Å²) >= 11 is 19.0. The number of rotatable bonds is 3. The van der Waals surface area contributed by atoms with Crippen molar-refractivity contribution >= 4 is 59.6 Å². The van der Waals surface area contributed by atoms with Gasteiger partial charge in [0.15, 0.2) is 0 Å². The Morgan fingerprint density at radius 1 is 1.00 bits per heavy atom. The second-order valence-corrected chi connectivity index (χ2v) is 6.52. The highest BCUT2D eigenvalue weighted by Gasteiger charge is 2.39.